The first-order chi connectivity index (χ1) is 9.80. The van der Waals surface area contributed by atoms with Gasteiger partial charge in [-0.2, -0.15) is 0 Å². The maximum absolute atomic E-state index is 9.40. The minimum atomic E-state index is 0.118. The van der Waals surface area contributed by atoms with Crippen molar-refractivity contribution < 1.29 is 9.84 Å². The molecule has 0 bridgehead atoms. The van der Waals surface area contributed by atoms with Gasteiger partial charge in [0.25, 0.3) is 0 Å². The molecule has 1 aromatic carbocycles. The number of benzene rings is 1. The largest absolute Gasteiger partial charge is 0.508 e. The van der Waals surface area contributed by atoms with E-state index in [9.17, 15) is 5.11 Å². The molecule has 0 radical (unpaired) electrons. The number of phenolic OH excluding ortho intramolecular Hbond substituents is 1. The Balaban J connectivity index is 2.03. The lowest BCUT2D eigenvalue weighted by Gasteiger charge is -2.36. The van der Waals surface area contributed by atoms with Crippen LogP contribution in [-0.2, 0) is 4.74 Å². The lowest BCUT2D eigenvalue weighted by atomic mass is 9.85. The van der Waals surface area contributed by atoms with E-state index in [1.165, 1.54) is 0 Å². The lowest BCUT2D eigenvalue weighted by Crippen LogP contribution is -2.48. The highest BCUT2D eigenvalue weighted by Gasteiger charge is 2.36. The average Bonchev–Trinajstić information content (AvgIpc) is 2.85. The third kappa shape index (κ3) is 4.61. The van der Waals surface area contributed by atoms with E-state index in [2.05, 4.69) is 38.0 Å². The molecule has 0 amide bonds. The molecule has 21 heavy (non-hydrogen) atoms. The molecule has 4 heteroatoms. The van der Waals surface area contributed by atoms with Crippen LogP contribution in [0.3, 0.4) is 0 Å². The molecule has 1 aliphatic heterocycles. The van der Waals surface area contributed by atoms with Gasteiger partial charge < -0.3 is 20.1 Å². The number of aromatic hydroxyl groups is 1. The van der Waals surface area contributed by atoms with E-state index in [1.807, 2.05) is 12.1 Å². The van der Waals surface area contributed by atoms with Crippen LogP contribution >= 0.6 is 0 Å². The first-order valence-electron chi connectivity index (χ1n) is 7.63. The van der Waals surface area contributed by atoms with Crippen LogP contribution in [0, 0.1) is 5.41 Å². The predicted octanol–water partition coefficient (Wildman–Crippen LogP) is 2.62. The van der Waals surface area contributed by atoms with Crippen molar-refractivity contribution in [2.24, 2.45) is 5.41 Å². The maximum atomic E-state index is 9.40. The van der Waals surface area contributed by atoms with Crippen molar-refractivity contribution in [2.45, 2.75) is 32.7 Å². The van der Waals surface area contributed by atoms with E-state index in [-0.39, 0.29) is 11.0 Å². The van der Waals surface area contributed by atoms with Crippen molar-refractivity contribution in [3.63, 3.8) is 0 Å². The van der Waals surface area contributed by atoms with E-state index in [0.29, 0.717) is 5.75 Å². The van der Waals surface area contributed by atoms with Gasteiger partial charge in [-0.25, -0.2) is 0 Å². The molecule has 1 heterocycles. The van der Waals surface area contributed by atoms with Crippen LogP contribution in [0.1, 0.15) is 27.2 Å². The van der Waals surface area contributed by atoms with Crippen molar-refractivity contribution in [3.05, 3.63) is 24.3 Å². The molecule has 2 rings (SSSR count). The summed E-state index contributed by atoms with van der Waals surface area (Å²) in [4.78, 5) is 2.25. The number of nitrogens with zero attached hydrogens (tertiary/aromatic N) is 1. The van der Waals surface area contributed by atoms with Gasteiger partial charge >= 0.3 is 0 Å². The summed E-state index contributed by atoms with van der Waals surface area (Å²) in [6.45, 7) is 10.1. The van der Waals surface area contributed by atoms with Crippen LogP contribution < -0.4 is 10.2 Å². The summed E-state index contributed by atoms with van der Waals surface area (Å²) < 4.78 is 5.67. The number of phenols is 1. The second kappa shape index (κ2) is 6.24. The van der Waals surface area contributed by atoms with E-state index in [4.69, 9.17) is 4.74 Å². The molecule has 1 saturated heterocycles. The predicted molar refractivity (Wildman–Crippen MR) is 87.0 cm³/mol. The van der Waals surface area contributed by atoms with Crippen molar-refractivity contribution in [2.75, 3.05) is 38.3 Å². The lowest BCUT2D eigenvalue weighted by molar-refractivity contribution is 0.147. The molecule has 0 saturated carbocycles. The molecule has 0 aliphatic carbocycles. The first-order valence-corrected chi connectivity index (χ1v) is 7.63. The van der Waals surface area contributed by atoms with Gasteiger partial charge in [0, 0.05) is 43.4 Å². The van der Waals surface area contributed by atoms with Gasteiger partial charge in [0.1, 0.15) is 5.75 Å². The number of rotatable bonds is 5. The van der Waals surface area contributed by atoms with Gasteiger partial charge in [0.15, 0.2) is 0 Å². The van der Waals surface area contributed by atoms with Crippen LogP contribution in [0.5, 0.6) is 5.75 Å². The van der Waals surface area contributed by atoms with Crippen LogP contribution in [0.25, 0.3) is 0 Å². The fourth-order valence-electron chi connectivity index (χ4n) is 2.72. The second-order valence-corrected chi connectivity index (χ2v) is 7.28. The molecule has 2 N–H and O–H groups in total. The number of nitrogens with one attached hydrogen (secondary N) is 1. The summed E-state index contributed by atoms with van der Waals surface area (Å²) in [5.41, 5.74) is 1.39. The van der Waals surface area contributed by atoms with Gasteiger partial charge in [-0.1, -0.05) is 0 Å². The molecule has 1 unspecified atom stereocenters. The maximum Gasteiger partial charge on any atom is 0.115 e. The molecule has 4 nitrogen and oxygen atoms in total. The molecule has 1 atom stereocenters. The average molecular weight is 292 g/mol. The Hall–Kier alpha value is -1.26. The Morgan fingerprint density at radius 1 is 1.29 bits per heavy atom. The minimum absolute atomic E-state index is 0.118. The molecular formula is C17H28N2O2. The number of hydrogen-bond donors (Lipinski definition) is 2. The topological polar surface area (TPSA) is 44.7 Å². The van der Waals surface area contributed by atoms with Gasteiger partial charge in [0.05, 0.1) is 6.61 Å². The first kappa shape index (κ1) is 16.1. The second-order valence-electron chi connectivity index (χ2n) is 7.28. The summed E-state index contributed by atoms with van der Waals surface area (Å²) in [6.07, 6.45) is 1.08. The van der Waals surface area contributed by atoms with E-state index < -0.39 is 0 Å². The van der Waals surface area contributed by atoms with E-state index in [0.717, 1.165) is 38.4 Å². The summed E-state index contributed by atoms with van der Waals surface area (Å²) in [5.74, 6) is 0.306. The van der Waals surface area contributed by atoms with Crippen molar-refractivity contribution in [3.8, 4) is 5.75 Å². The Bertz CT molecular complexity index is 445. The standard InChI is InChI=1S/C17H28N2O2/c1-16(2,3)18-11-17(9-10-21-13-17)12-19(4)14-5-7-15(20)8-6-14/h5-8,18,20H,9-13H2,1-4H3. The van der Waals surface area contributed by atoms with Crippen molar-refractivity contribution in [1.29, 1.82) is 0 Å². The summed E-state index contributed by atoms with van der Waals surface area (Å²) in [6, 6.07) is 7.38. The highest BCUT2D eigenvalue weighted by molar-refractivity contribution is 5.48. The molecule has 1 fully saturated rings. The highest BCUT2D eigenvalue weighted by atomic mass is 16.5. The minimum Gasteiger partial charge on any atom is -0.508 e. The smallest absolute Gasteiger partial charge is 0.115 e. The Kier molecular flexibility index (Phi) is 4.79. The Morgan fingerprint density at radius 2 is 1.95 bits per heavy atom. The Labute approximate surface area is 128 Å². The molecule has 0 aromatic heterocycles. The van der Waals surface area contributed by atoms with Gasteiger partial charge in [0.2, 0.25) is 0 Å². The number of ether oxygens (including phenoxy) is 1. The zero-order valence-corrected chi connectivity index (χ0v) is 13.6. The third-order valence-corrected chi connectivity index (χ3v) is 4.04. The quantitative estimate of drug-likeness (QED) is 0.875. The summed E-state index contributed by atoms with van der Waals surface area (Å²) in [7, 11) is 2.10. The van der Waals surface area contributed by atoms with Crippen LogP contribution in [0.2, 0.25) is 0 Å². The monoisotopic (exact) mass is 292 g/mol. The molecule has 1 aliphatic rings. The Morgan fingerprint density at radius 3 is 2.48 bits per heavy atom. The zero-order valence-electron chi connectivity index (χ0n) is 13.6. The summed E-state index contributed by atoms with van der Waals surface area (Å²) >= 11 is 0. The third-order valence-electron chi connectivity index (χ3n) is 4.04. The van der Waals surface area contributed by atoms with Crippen LogP contribution in [0.15, 0.2) is 24.3 Å². The fourth-order valence-corrected chi connectivity index (χ4v) is 2.72. The summed E-state index contributed by atoms with van der Waals surface area (Å²) in [5, 5.41) is 13.0. The van der Waals surface area contributed by atoms with E-state index >= 15 is 0 Å². The molecular weight excluding hydrogens is 264 g/mol. The highest BCUT2D eigenvalue weighted by Crippen LogP contribution is 2.31. The van der Waals surface area contributed by atoms with Gasteiger partial charge in [-0.05, 0) is 51.5 Å². The van der Waals surface area contributed by atoms with Gasteiger partial charge in [-0.3, -0.25) is 0 Å². The molecule has 0 spiro atoms. The molecule has 1 aromatic rings. The van der Waals surface area contributed by atoms with Crippen molar-refractivity contribution >= 4 is 5.69 Å². The molecule has 118 valence electrons. The van der Waals surface area contributed by atoms with Gasteiger partial charge in [-0.15, -0.1) is 0 Å². The van der Waals surface area contributed by atoms with Crippen molar-refractivity contribution in [1.82, 2.24) is 5.32 Å². The zero-order chi connectivity index (χ0) is 15.5. The van der Waals surface area contributed by atoms with Crippen LogP contribution in [-0.4, -0.2) is 44.0 Å². The number of hydrogen-bond acceptors (Lipinski definition) is 4. The SMILES string of the molecule is CN(CC1(CNC(C)(C)C)CCOC1)c1ccc(O)cc1. The normalized spacial score (nSPS) is 22.5. The number of anilines is 1. The van der Waals surface area contributed by atoms with E-state index in [1.54, 1.807) is 12.1 Å². The van der Waals surface area contributed by atoms with Crippen LogP contribution in [0.4, 0.5) is 5.69 Å². The fraction of sp³-hybridized carbons (Fsp3) is 0.647.